The normalized spacial score (nSPS) is 20.9. The van der Waals surface area contributed by atoms with Crippen LogP contribution in [0.2, 0.25) is 0 Å². The van der Waals surface area contributed by atoms with Crippen LogP contribution in [0.3, 0.4) is 0 Å². The van der Waals surface area contributed by atoms with Crippen LogP contribution in [0.5, 0.6) is 0 Å². The zero-order valence-electron chi connectivity index (χ0n) is 12.9. The Morgan fingerprint density at radius 3 is 2.55 bits per heavy atom. The van der Waals surface area contributed by atoms with E-state index >= 15 is 0 Å². The van der Waals surface area contributed by atoms with Gasteiger partial charge in [-0.05, 0) is 37.8 Å². The van der Waals surface area contributed by atoms with Crippen LogP contribution >= 0.6 is 0 Å². The van der Waals surface area contributed by atoms with Crippen LogP contribution in [-0.2, 0) is 4.79 Å². The number of carbonyl (C=O) groups is 1. The van der Waals surface area contributed by atoms with Crippen LogP contribution in [0.4, 0.5) is 10.2 Å². The monoisotopic (exact) mass is 305 g/mol. The standard InChI is InChI=1S/C17H24FN3O/c18-15-7-4-8-16(20-15)21-11-9-14(10-12-21)19-17(22)13-5-2-1-3-6-13/h4,7-8,13-14H,1-3,5-6,9-12H2,(H,19,22). The fourth-order valence-electron chi connectivity index (χ4n) is 3.51. The summed E-state index contributed by atoms with van der Waals surface area (Å²) in [7, 11) is 0. The smallest absolute Gasteiger partial charge is 0.223 e. The highest BCUT2D eigenvalue weighted by Crippen LogP contribution is 2.24. The molecule has 1 aliphatic heterocycles. The second kappa shape index (κ2) is 7.07. The Morgan fingerprint density at radius 2 is 1.86 bits per heavy atom. The van der Waals surface area contributed by atoms with Crippen molar-refractivity contribution in [1.82, 2.24) is 10.3 Å². The van der Waals surface area contributed by atoms with E-state index in [1.807, 2.05) is 6.07 Å². The van der Waals surface area contributed by atoms with Crippen LogP contribution in [0.15, 0.2) is 18.2 Å². The molecule has 0 unspecified atom stereocenters. The summed E-state index contributed by atoms with van der Waals surface area (Å²) in [6, 6.07) is 5.14. The molecule has 0 atom stereocenters. The van der Waals surface area contributed by atoms with Gasteiger partial charge >= 0.3 is 0 Å². The van der Waals surface area contributed by atoms with Gasteiger partial charge in [-0.2, -0.15) is 4.39 Å². The lowest BCUT2D eigenvalue weighted by molar-refractivity contribution is -0.126. The van der Waals surface area contributed by atoms with E-state index in [9.17, 15) is 9.18 Å². The molecule has 0 aromatic carbocycles. The van der Waals surface area contributed by atoms with Gasteiger partial charge in [0.25, 0.3) is 0 Å². The van der Waals surface area contributed by atoms with E-state index in [2.05, 4.69) is 15.2 Å². The number of hydrogen-bond acceptors (Lipinski definition) is 3. The van der Waals surface area contributed by atoms with E-state index in [-0.39, 0.29) is 17.9 Å². The number of nitrogens with one attached hydrogen (secondary N) is 1. The maximum absolute atomic E-state index is 13.2. The first-order valence-electron chi connectivity index (χ1n) is 8.40. The van der Waals surface area contributed by atoms with Gasteiger partial charge in [-0.3, -0.25) is 4.79 Å². The van der Waals surface area contributed by atoms with E-state index < -0.39 is 5.95 Å². The molecule has 1 saturated heterocycles. The lowest BCUT2D eigenvalue weighted by atomic mass is 9.88. The topological polar surface area (TPSA) is 45.2 Å². The van der Waals surface area contributed by atoms with Crippen molar-refractivity contribution in [1.29, 1.82) is 0 Å². The van der Waals surface area contributed by atoms with Gasteiger partial charge < -0.3 is 10.2 Å². The van der Waals surface area contributed by atoms with Crippen molar-refractivity contribution < 1.29 is 9.18 Å². The Hall–Kier alpha value is -1.65. The number of hydrogen-bond donors (Lipinski definition) is 1. The maximum atomic E-state index is 13.2. The van der Waals surface area contributed by atoms with Gasteiger partial charge in [0, 0.05) is 25.0 Å². The van der Waals surface area contributed by atoms with Crippen LogP contribution in [0.1, 0.15) is 44.9 Å². The lowest BCUT2D eigenvalue weighted by Gasteiger charge is -2.34. The molecule has 1 amide bonds. The second-order valence-electron chi connectivity index (χ2n) is 6.42. The van der Waals surface area contributed by atoms with E-state index in [0.717, 1.165) is 38.8 Å². The third-order valence-electron chi connectivity index (χ3n) is 4.84. The zero-order valence-corrected chi connectivity index (χ0v) is 12.9. The summed E-state index contributed by atoms with van der Waals surface area (Å²) < 4.78 is 13.2. The van der Waals surface area contributed by atoms with E-state index in [4.69, 9.17) is 0 Å². The second-order valence-corrected chi connectivity index (χ2v) is 6.42. The minimum atomic E-state index is -0.440. The minimum Gasteiger partial charge on any atom is -0.356 e. The summed E-state index contributed by atoms with van der Waals surface area (Å²) in [6.45, 7) is 1.62. The lowest BCUT2D eigenvalue weighted by Crippen LogP contribution is -2.46. The van der Waals surface area contributed by atoms with Crippen LogP contribution < -0.4 is 10.2 Å². The molecular weight excluding hydrogens is 281 g/mol. The van der Waals surface area contributed by atoms with Crippen molar-refractivity contribution in [3.8, 4) is 0 Å². The van der Waals surface area contributed by atoms with Gasteiger partial charge in [-0.1, -0.05) is 25.3 Å². The minimum absolute atomic E-state index is 0.219. The van der Waals surface area contributed by atoms with Crippen molar-refractivity contribution >= 4 is 11.7 Å². The summed E-state index contributed by atoms with van der Waals surface area (Å²) in [5.74, 6) is 0.709. The Labute approximate surface area is 131 Å². The molecule has 2 fully saturated rings. The Morgan fingerprint density at radius 1 is 1.14 bits per heavy atom. The molecule has 120 valence electrons. The molecule has 0 spiro atoms. The molecule has 5 heteroatoms. The zero-order chi connectivity index (χ0) is 15.4. The molecule has 2 heterocycles. The Bertz CT molecular complexity index is 508. The summed E-state index contributed by atoms with van der Waals surface area (Å²) in [4.78, 5) is 18.3. The van der Waals surface area contributed by atoms with Gasteiger partial charge in [0.15, 0.2) is 0 Å². The molecule has 1 aromatic rings. The Balaban J connectivity index is 1.48. The molecule has 1 N–H and O–H groups in total. The average Bonchev–Trinajstić information content (AvgIpc) is 2.56. The fraction of sp³-hybridized carbons (Fsp3) is 0.647. The Kier molecular flexibility index (Phi) is 4.90. The molecule has 2 aliphatic rings. The molecule has 4 nitrogen and oxygen atoms in total. The highest BCUT2D eigenvalue weighted by molar-refractivity contribution is 5.79. The largest absolute Gasteiger partial charge is 0.356 e. The molecule has 1 saturated carbocycles. The SMILES string of the molecule is O=C(NC1CCN(c2cccc(F)n2)CC1)C1CCCCC1. The highest BCUT2D eigenvalue weighted by atomic mass is 19.1. The number of anilines is 1. The summed E-state index contributed by atoms with van der Waals surface area (Å²) in [5.41, 5.74) is 0. The van der Waals surface area contributed by atoms with Crippen molar-refractivity contribution in [2.45, 2.75) is 51.0 Å². The fourth-order valence-corrected chi connectivity index (χ4v) is 3.51. The average molecular weight is 305 g/mol. The van der Waals surface area contributed by atoms with Gasteiger partial charge in [0.1, 0.15) is 5.82 Å². The van der Waals surface area contributed by atoms with Crippen molar-refractivity contribution in [2.75, 3.05) is 18.0 Å². The number of nitrogens with zero attached hydrogens (tertiary/aromatic N) is 2. The number of amides is 1. The van der Waals surface area contributed by atoms with E-state index in [1.165, 1.54) is 25.3 Å². The first-order chi connectivity index (χ1) is 10.7. The predicted molar refractivity (Wildman–Crippen MR) is 84.1 cm³/mol. The number of piperidine rings is 1. The number of pyridine rings is 1. The van der Waals surface area contributed by atoms with Crippen molar-refractivity contribution in [3.63, 3.8) is 0 Å². The number of aromatic nitrogens is 1. The van der Waals surface area contributed by atoms with Gasteiger partial charge in [-0.15, -0.1) is 0 Å². The highest BCUT2D eigenvalue weighted by Gasteiger charge is 2.26. The number of carbonyl (C=O) groups excluding carboxylic acids is 1. The summed E-state index contributed by atoms with van der Waals surface area (Å²) in [6.07, 6.45) is 7.51. The van der Waals surface area contributed by atoms with Crippen LogP contribution in [0.25, 0.3) is 0 Å². The van der Waals surface area contributed by atoms with Crippen LogP contribution in [0, 0.1) is 11.9 Å². The number of halogens is 1. The summed E-state index contributed by atoms with van der Waals surface area (Å²) in [5, 5.41) is 3.21. The molecule has 0 radical (unpaired) electrons. The van der Waals surface area contributed by atoms with E-state index in [0.29, 0.717) is 5.82 Å². The first kappa shape index (κ1) is 15.3. The molecule has 22 heavy (non-hydrogen) atoms. The molecule has 1 aromatic heterocycles. The first-order valence-corrected chi connectivity index (χ1v) is 8.40. The third-order valence-corrected chi connectivity index (χ3v) is 4.84. The predicted octanol–water partition coefficient (Wildman–Crippen LogP) is 2.89. The maximum Gasteiger partial charge on any atom is 0.223 e. The quantitative estimate of drug-likeness (QED) is 0.873. The number of rotatable bonds is 3. The van der Waals surface area contributed by atoms with Gasteiger partial charge in [-0.25, -0.2) is 4.98 Å². The molecular formula is C17H24FN3O. The van der Waals surface area contributed by atoms with Gasteiger partial charge in [0.05, 0.1) is 0 Å². The molecule has 0 bridgehead atoms. The molecule has 1 aliphatic carbocycles. The van der Waals surface area contributed by atoms with Crippen LogP contribution in [-0.4, -0.2) is 30.0 Å². The molecule has 3 rings (SSSR count). The van der Waals surface area contributed by atoms with Crippen molar-refractivity contribution in [2.24, 2.45) is 5.92 Å². The summed E-state index contributed by atoms with van der Waals surface area (Å²) >= 11 is 0. The van der Waals surface area contributed by atoms with E-state index in [1.54, 1.807) is 6.07 Å². The third kappa shape index (κ3) is 3.76. The van der Waals surface area contributed by atoms with Gasteiger partial charge in [0.2, 0.25) is 11.9 Å². The van der Waals surface area contributed by atoms with Crippen molar-refractivity contribution in [3.05, 3.63) is 24.1 Å².